The Morgan fingerprint density at radius 2 is 1.94 bits per heavy atom. The van der Waals surface area contributed by atoms with Gasteiger partial charge in [0.2, 0.25) is 0 Å². The second kappa shape index (κ2) is 8.08. The van der Waals surface area contributed by atoms with Crippen LogP contribution in [0.15, 0.2) is 48.8 Å². The molecule has 0 atom stereocenters. The molecular formula is C23H17F4N5O2. The van der Waals surface area contributed by atoms with Gasteiger partial charge in [-0.15, -0.1) is 13.2 Å². The first-order chi connectivity index (χ1) is 16.2. The van der Waals surface area contributed by atoms with Crippen LogP contribution in [0.4, 0.5) is 17.6 Å². The van der Waals surface area contributed by atoms with Gasteiger partial charge in [0.1, 0.15) is 17.4 Å². The molecule has 1 amide bonds. The van der Waals surface area contributed by atoms with Gasteiger partial charge < -0.3 is 9.64 Å². The predicted octanol–water partition coefficient (Wildman–Crippen LogP) is 4.34. The Labute approximate surface area is 190 Å². The van der Waals surface area contributed by atoms with Crippen LogP contribution in [0.25, 0.3) is 16.8 Å². The van der Waals surface area contributed by atoms with Crippen molar-refractivity contribution >= 4 is 11.6 Å². The molecule has 3 aromatic heterocycles. The van der Waals surface area contributed by atoms with Crippen molar-refractivity contribution in [2.45, 2.75) is 26.3 Å². The van der Waals surface area contributed by atoms with Crippen LogP contribution in [-0.2, 0) is 13.0 Å². The fraction of sp³-hybridized carbons (Fsp3) is 0.217. The molecule has 4 heterocycles. The highest BCUT2D eigenvalue weighted by molar-refractivity contribution is 5.97. The zero-order valence-electron chi connectivity index (χ0n) is 17.8. The van der Waals surface area contributed by atoms with Gasteiger partial charge in [0.05, 0.1) is 11.3 Å². The predicted molar refractivity (Wildman–Crippen MR) is 112 cm³/mol. The number of halogens is 4. The average Bonchev–Trinajstić information content (AvgIpc) is 3.16. The zero-order chi connectivity index (χ0) is 24.0. The SMILES string of the molecule is Cc1nc2cc(-c3cnc4c(c3)C(=O)N(Cc3cc(OC(F)(F)F)ccc3F)CC4)ccn2n1. The number of rotatable bonds is 4. The number of carbonyl (C=O) groups is 1. The van der Waals surface area contributed by atoms with Gasteiger partial charge in [-0.2, -0.15) is 5.10 Å². The number of carbonyl (C=O) groups excluding carboxylic acids is 1. The Morgan fingerprint density at radius 3 is 2.74 bits per heavy atom. The maximum atomic E-state index is 14.3. The molecule has 0 saturated carbocycles. The molecular weight excluding hydrogens is 454 g/mol. The van der Waals surface area contributed by atoms with Gasteiger partial charge in [-0.25, -0.2) is 13.9 Å². The lowest BCUT2D eigenvalue weighted by Crippen LogP contribution is -2.37. The monoisotopic (exact) mass is 471 g/mol. The largest absolute Gasteiger partial charge is 0.573 e. The number of benzene rings is 1. The standard InChI is InChI=1S/C23H17F4N5O2/c1-13-29-21-10-14(4-7-32(21)30-13)15-9-18-20(28-11-15)5-6-31(22(18)33)12-16-8-17(2-3-19(16)24)34-23(25,26)27/h2-4,7-11H,5-6,12H2,1H3. The number of aromatic nitrogens is 4. The van der Waals surface area contributed by atoms with E-state index in [0.29, 0.717) is 34.7 Å². The first kappa shape index (κ1) is 21.8. The lowest BCUT2D eigenvalue weighted by atomic mass is 9.99. The van der Waals surface area contributed by atoms with Gasteiger partial charge in [-0.1, -0.05) is 0 Å². The Balaban J connectivity index is 1.42. The maximum absolute atomic E-state index is 14.3. The van der Waals surface area contributed by atoms with Crippen molar-refractivity contribution in [3.8, 4) is 16.9 Å². The Morgan fingerprint density at radius 1 is 1.12 bits per heavy atom. The van der Waals surface area contributed by atoms with E-state index in [1.54, 1.807) is 29.9 Å². The minimum Gasteiger partial charge on any atom is -0.406 e. The number of aryl methyl sites for hydroxylation is 1. The Bertz CT molecular complexity index is 1420. The second-order valence-electron chi connectivity index (χ2n) is 7.87. The van der Waals surface area contributed by atoms with Crippen LogP contribution in [0, 0.1) is 12.7 Å². The second-order valence-corrected chi connectivity index (χ2v) is 7.87. The van der Waals surface area contributed by atoms with Crippen molar-refractivity contribution in [3.63, 3.8) is 0 Å². The molecule has 7 nitrogen and oxygen atoms in total. The molecule has 0 N–H and O–H groups in total. The number of alkyl halides is 3. The first-order valence-corrected chi connectivity index (χ1v) is 10.3. The molecule has 0 aliphatic carbocycles. The summed E-state index contributed by atoms with van der Waals surface area (Å²) < 4.78 is 57.4. The molecule has 0 unspecified atom stereocenters. The molecule has 0 fully saturated rings. The van der Waals surface area contributed by atoms with Crippen LogP contribution in [0.1, 0.15) is 27.4 Å². The summed E-state index contributed by atoms with van der Waals surface area (Å²) in [6.45, 7) is 1.84. The van der Waals surface area contributed by atoms with Gasteiger partial charge >= 0.3 is 6.36 Å². The van der Waals surface area contributed by atoms with E-state index in [2.05, 4.69) is 19.8 Å². The number of fused-ring (bicyclic) bond motifs is 2. The van der Waals surface area contributed by atoms with Crippen molar-refractivity contribution in [1.82, 2.24) is 24.5 Å². The van der Waals surface area contributed by atoms with E-state index >= 15 is 0 Å². The number of pyridine rings is 2. The van der Waals surface area contributed by atoms with Crippen LogP contribution in [0.5, 0.6) is 5.75 Å². The van der Waals surface area contributed by atoms with Crippen molar-refractivity contribution < 1.29 is 27.1 Å². The zero-order valence-corrected chi connectivity index (χ0v) is 17.8. The average molecular weight is 471 g/mol. The van der Waals surface area contributed by atoms with Crippen LogP contribution in [0.3, 0.4) is 0 Å². The first-order valence-electron chi connectivity index (χ1n) is 10.3. The van der Waals surface area contributed by atoms with Crippen molar-refractivity contribution in [2.24, 2.45) is 0 Å². The third-order valence-electron chi connectivity index (χ3n) is 5.50. The summed E-state index contributed by atoms with van der Waals surface area (Å²) in [6.07, 6.45) is -1.03. The minimum atomic E-state index is -4.90. The van der Waals surface area contributed by atoms with Gasteiger partial charge in [0, 0.05) is 43.0 Å². The molecule has 5 rings (SSSR count). The molecule has 34 heavy (non-hydrogen) atoms. The molecule has 1 aliphatic rings. The normalized spacial score (nSPS) is 13.9. The van der Waals surface area contributed by atoms with E-state index in [-0.39, 0.29) is 24.6 Å². The van der Waals surface area contributed by atoms with E-state index in [1.165, 1.54) is 4.90 Å². The summed E-state index contributed by atoms with van der Waals surface area (Å²) in [7, 11) is 0. The van der Waals surface area contributed by atoms with E-state index in [0.717, 1.165) is 23.8 Å². The van der Waals surface area contributed by atoms with Crippen molar-refractivity contribution in [2.75, 3.05) is 6.54 Å². The van der Waals surface area contributed by atoms with Crippen LogP contribution in [-0.4, -0.2) is 43.3 Å². The number of amides is 1. The topological polar surface area (TPSA) is 72.6 Å². The van der Waals surface area contributed by atoms with Crippen LogP contribution >= 0.6 is 0 Å². The summed E-state index contributed by atoms with van der Waals surface area (Å²) >= 11 is 0. The molecule has 11 heteroatoms. The summed E-state index contributed by atoms with van der Waals surface area (Å²) in [5.74, 6) is -1.02. The molecule has 0 spiro atoms. The molecule has 0 bridgehead atoms. The molecule has 1 aliphatic heterocycles. The van der Waals surface area contributed by atoms with Gasteiger partial charge in [-0.05, 0) is 48.9 Å². The lowest BCUT2D eigenvalue weighted by Gasteiger charge is -2.28. The third kappa shape index (κ3) is 4.28. The molecule has 0 radical (unpaired) electrons. The molecule has 4 aromatic rings. The maximum Gasteiger partial charge on any atom is 0.573 e. The Kier molecular flexibility index (Phi) is 5.18. The van der Waals surface area contributed by atoms with E-state index in [4.69, 9.17) is 0 Å². The lowest BCUT2D eigenvalue weighted by molar-refractivity contribution is -0.274. The number of hydrogen-bond donors (Lipinski definition) is 0. The summed E-state index contributed by atoms with van der Waals surface area (Å²) in [5, 5.41) is 4.24. The number of hydrogen-bond acceptors (Lipinski definition) is 5. The van der Waals surface area contributed by atoms with Crippen molar-refractivity contribution in [1.29, 1.82) is 0 Å². The quantitative estimate of drug-likeness (QED) is 0.414. The fourth-order valence-electron chi connectivity index (χ4n) is 3.95. The van der Waals surface area contributed by atoms with Gasteiger partial charge in [0.25, 0.3) is 5.91 Å². The van der Waals surface area contributed by atoms with E-state index in [1.807, 2.05) is 12.1 Å². The summed E-state index contributed by atoms with van der Waals surface area (Å²) in [4.78, 5) is 23.3. The smallest absolute Gasteiger partial charge is 0.406 e. The van der Waals surface area contributed by atoms with Crippen LogP contribution < -0.4 is 4.74 Å². The Hall–Kier alpha value is -4.02. The van der Waals surface area contributed by atoms with E-state index < -0.39 is 17.9 Å². The highest BCUT2D eigenvalue weighted by Crippen LogP contribution is 2.28. The van der Waals surface area contributed by atoms with Gasteiger partial charge in [0.15, 0.2) is 5.65 Å². The highest BCUT2D eigenvalue weighted by atomic mass is 19.4. The van der Waals surface area contributed by atoms with Crippen LogP contribution in [0.2, 0.25) is 0 Å². The van der Waals surface area contributed by atoms with Gasteiger partial charge in [-0.3, -0.25) is 9.78 Å². The summed E-state index contributed by atoms with van der Waals surface area (Å²) in [6, 6.07) is 8.11. The number of nitrogens with zero attached hydrogens (tertiary/aromatic N) is 5. The molecule has 1 aromatic carbocycles. The summed E-state index contributed by atoms with van der Waals surface area (Å²) in [5.41, 5.74) is 3.04. The van der Waals surface area contributed by atoms with Crippen molar-refractivity contribution in [3.05, 3.63) is 77.3 Å². The third-order valence-corrected chi connectivity index (χ3v) is 5.50. The molecule has 0 saturated heterocycles. The fourth-order valence-corrected chi connectivity index (χ4v) is 3.95. The minimum absolute atomic E-state index is 0.0738. The van der Waals surface area contributed by atoms with E-state index in [9.17, 15) is 22.4 Å². The molecule has 174 valence electrons. The highest BCUT2D eigenvalue weighted by Gasteiger charge is 2.32. The number of ether oxygens (including phenoxy) is 1.